The van der Waals surface area contributed by atoms with Gasteiger partial charge >= 0.3 is 0 Å². The van der Waals surface area contributed by atoms with Gasteiger partial charge in [0.25, 0.3) is 5.91 Å². The second kappa shape index (κ2) is 5.65. The summed E-state index contributed by atoms with van der Waals surface area (Å²) < 4.78 is 0. The minimum Gasteiger partial charge on any atom is -0.505 e. The van der Waals surface area contributed by atoms with Crippen LogP contribution in [-0.4, -0.2) is 11.0 Å². The van der Waals surface area contributed by atoms with Gasteiger partial charge in [0.15, 0.2) is 5.75 Å². The first-order valence-corrected chi connectivity index (χ1v) is 6.48. The molecule has 20 heavy (non-hydrogen) atoms. The third-order valence-corrected chi connectivity index (χ3v) is 3.14. The number of hydrogen-bond donors (Lipinski definition) is 3. The Morgan fingerprint density at radius 3 is 2.55 bits per heavy atom. The highest BCUT2D eigenvalue weighted by Crippen LogP contribution is 2.27. The van der Waals surface area contributed by atoms with Crippen molar-refractivity contribution in [2.75, 3.05) is 11.1 Å². The zero-order valence-electron chi connectivity index (χ0n) is 11.6. The average Bonchev–Trinajstić information content (AvgIpc) is 2.42. The number of carbonyl (C=O) groups excluding carboxylic acids is 1. The van der Waals surface area contributed by atoms with Crippen molar-refractivity contribution in [3.8, 4) is 5.75 Å². The maximum atomic E-state index is 12.2. The SMILES string of the molecule is CC(C)c1ccccc1NC(=O)c1cccc(N)c1O. The number of benzene rings is 2. The van der Waals surface area contributed by atoms with Gasteiger partial charge in [-0.25, -0.2) is 0 Å². The van der Waals surface area contributed by atoms with Crippen molar-refractivity contribution in [1.29, 1.82) is 0 Å². The van der Waals surface area contributed by atoms with Crippen LogP contribution in [0, 0.1) is 0 Å². The normalized spacial score (nSPS) is 10.6. The molecule has 4 heteroatoms. The Morgan fingerprint density at radius 2 is 1.85 bits per heavy atom. The van der Waals surface area contributed by atoms with Crippen molar-refractivity contribution >= 4 is 17.3 Å². The number of rotatable bonds is 3. The third kappa shape index (κ3) is 2.74. The second-order valence-corrected chi connectivity index (χ2v) is 4.94. The molecule has 0 atom stereocenters. The van der Waals surface area contributed by atoms with Crippen molar-refractivity contribution < 1.29 is 9.90 Å². The van der Waals surface area contributed by atoms with E-state index in [9.17, 15) is 9.90 Å². The Bertz CT molecular complexity index is 636. The molecule has 0 fully saturated rings. The van der Waals surface area contributed by atoms with Crippen molar-refractivity contribution in [2.45, 2.75) is 19.8 Å². The summed E-state index contributed by atoms with van der Waals surface area (Å²) in [5.74, 6) is -0.268. The number of nitrogens with two attached hydrogens (primary N) is 1. The largest absolute Gasteiger partial charge is 0.505 e. The van der Waals surface area contributed by atoms with Crippen molar-refractivity contribution in [1.82, 2.24) is 0 Å². The lowest BCUT2D eigenvalue weighted by molar-refractivity contribution is 0.102. The molecule has 4 nitrogen and oxygen atoms in total. The molecule has 4 N–H and O–H groups in total. The van der Waals surface area contributed by atoms with Gasteiger partial charge in [0.05, 0.1) is 11.3 Å². The highest BCUT2D eigenvalue weighted by atomic mass is 16.3. The van der Waals surface area contributed by atoms with E-state index in [0.29, 0.717) is 5.92 Å². The van der Waals surface area contributed by atoms with Gasteiger partial charge in [0.2, 0.25) is 0 Å². The van der Waals surface area contributed by atoms with Crippen LogP contribution in [0.4, 0.5) is 11.4 Å². The van der Waals surface area contributed by atoms with Crippen LogP contribution < -0.4 is 11.1 Å². The summed E-state index contributed by atoms with van der Waals surface area (Å²) in [6.07, 6.45) is 0. The van der Waals surface area contributed by atoms with Crippen LogP contribution in [0.25, 0.3) is 0 Å². The number of nitrogen functional groups attached to an aromatic ring is 1. The molecule has 0 aromatic heterocycles. The third-order valence-electron chi connectivity index (χ3n) is 3.14. The van der Waals surface area contributed by atoms with E-state index in [1.807, 2.05) is 24.3 Å². The summed E-state index contributed by atoms with van der Waals surface area (Å²) in [5.41, 5.74) is 7.75. The number of phenols is 1. The molecule has 1 amide bonds. The Balaban J connectivity index is 2.31. The topological polar surface area (TPSA) is 75.4 Å². The zero-order chi connectivity index (χ0) is 14.7. The molecule has 0 bridgehead atoms. The first kappa shape index (κ1) is 13.9. The van der Waals surface area contributed by atoms with Crippen LogP contribution >= 0.6 is 0 Å². The first-order valence-electron chi connectivity index (χ1n) is 6.48. The predicted molar refractivity (Wildman–Crippen MR) is 81.0 cm³/mol. The van der Waals surface area contributed by atoms with Gasteiger partial charge in [-0.2, -0.15) is 0 Å². The lowest BCUT2D eigenvalue weighted by Crippen LogP contribution is -2.14. The van der Waals surface area contributed by atoms with E-state index < -0.39 is 0 Å². The number of hydrogen-bond acceptors (Lipinski definition) is 3. The van der Waals surface area contributed by atoms with E-state index >= 15 is 0 Å². The minimum absolute atomic E-state index is 0.170. The Morgan fingerprint density at radius 1 is 1.15 bits per heavy atom. The number of anilines is 2. The van der Waals surface area contributed by atoms with Crippen LogP contribution in [0.1, 0.15) is 35.7 Å². The van der Waals surface area contributed by atoms with Crippen LogP contribution in [0.5, 0.6) is 5.75 Å². The molecule has 0 aliphatic rings. The van der Waals surface area contributed by atoms with E-state index in [2.05, 4.69) is 19.2 Å². The molecule has 0 unspecified atom stereocenters. The molecule has 0 saturated heterocycles. The number of phenolic OH excluding ortho intramolecular Hbond substituents is 1. The molecule has 0 aliphatic carbocycles. The maximum absolute atomic E-state index is 12.2. The van der Waals surface area contributed by atoms with Crippen LogP contribution in [0.3, 0.4) is 0 Å². The molecule has 2 aromatic carbocycles. The lowest BCUT2D eigenvalue weighted by Gasteiger charge is -2.14. The van der Waals surface area contributed by atoms with Crippen LogP contribution in [-0.2, 0) is 0 Å². The number of carbonyl (C=O) groups is 1. The molecule has 0 spiro atoms. The fourth-order valence-corrected chi connectivity index (χ4v) is 2.05. The Hall–Kier alpha value is -2.49. The highest BCUT2D eigenvalue weighted by molar-refractivity contribution is 6.07. The van der Waals surface area contributed by atoms with Crippen LogP contribution in [0.2, 0.25) is 0 Å². The van der Waals surface area contributed by atoms with Crippen molar-refractivity contribution in [3.05, 3.63) is 53.6 Å². The van der Waals surface area contributed by atoms with E-state index in [-0.39, 0.29) is 22.9 Å². The standard InChI is InChI=1S/C16H18N2O2/c1-10(2)11-6-3-4-9-14(11)18-16(20)12-7-5-8-13(17)15(12)19/h3-10,19H,17H2,1-2H3,(H,18,20). The summed E-state index contributed by atoms with van der Waals surface area (Å²) in [5, 5.41) is 12.7. The van der Waals surface area contributed by atoms with E-state index in [0.717, 1.165) is 11.3 Å². The molecule has 104 valence electrons. The number of para-hydroxylation sites is 2. The molecule has 0 heterocycles. The monoisotopic (exact) mass is 270 g/mol. The van der Waals surface area contributed by atoms with Crippen molar-refractivity contribution in [3.63, 3.8) is 0 Å². The Kier molecular flexibility index (Phi) is 3.94. The number of aromatic hydroxyl groups is 1. The van der Waals surface area contributed by atoms with Gasteiger partial charge < -0.3 is 16.2 Å². The number of nitrogens with one attached hydrogen (secondary N) is 1. The quantitative estimate of drug-likeness (QED) is 0.591. The van der Waals surface area contributed by atoms with Gasteiger partial charge in [-0.1, -0.05) is 38.1 Å². The number of amides is 1. The molecule has 0 saturated carbocycles. The smallest absolute Gasteiger partial charge is 0.259 e. The molecule has 0 radical (unpaired) electrons. The lowest BCUT2D eigenvalue weighted by atomic mass is 10.0. The van der Waals surface area contributed by atoms with Gasteiger partial charge in [-0.05, 0) is 29.7 Å². The summed E-state index contributed by atoms with van der Waals surface area (Å²) in [6.45, 7) is 4.12. The molecular weight excluding hydrogens is 252 g/mol. The maximum Gasteiger partial charge on any atom is 0.259 e. The highest BCUT2D eigenvalue weighted by Gasteiger charge is 2.15. The molecular formula is C16H18N2O2. The fraction of sp³-hybridized carbons (Fsp3) is 0.188. The predicted octanol–water partition coefficient (Wildman–Crippen LogP) is 3.35. The summed E-state index contributed by atoms with van der Waals surface area (Å²) >= 11 is 0. The summed E-state index contributed by atoms with van der Waals surface area (Å²) in [6, 6.07) is 12.3. The van der Waals surface area contributed by atoms with E-state index in [1.54, 1.807) is 18.2 Å². The first-order chi connectivity index (χ1) is 9.50. The summed E-state index contributed by atoms with van der Waals surface area (Å²) in [7, 11) is 0. The fourth-order valence-electron chi connectivity index (χ4n) is 2.05. The Labute approximate surface area is 118 Å². The zero-order valence-corrected chi connectivity index (χ0v) is 11.6. The minimum atomic E-state index is -0.372. The van der Waals surface area contributed by atoms with E-state index in [4.69, 9.17) is 5.73 Å². The second-order valence-electron chi connectivity index (χ2n) is 4.94. The van der Waals surface area contributed by atoms with Crippen molar-refractivity contribution in [2.24, 2.45) is 0 Å². The van der Waals surface area contributed by atoms with Crippen LogP contribution in [0.15, 0.2) is 42.5 Å². The molecule has 0 aliphatic heterocycles. The van der Waals surface area contributed by atoms with Gasteiger partial charge in [-0.15, -0.1) is 0 Å². The van der Waals surface area contributed by atoms with Gasteiger partial charge in [0, 0.05) is 5.69 Å². The van der Waals surface area contributed by atoms with Gasteiger partial charge in [0.1, 0.15) is 0 Å². The molecule has 2 rings (SSSR count). The average molecular weight is 270 g/mol. The van der Waals surface area contributed by atoms with E-state index in [1.165, 1.54) is 0 Å². The summed E-state index contributed by atoms with van der Waals surface area (Å²) in [4.78, 5) is 12.2. The molecule has 2 aromatic rings. The van der Waals surface area contributed by atoms with Gasteiger partial charge in [-0.3, -0.25) is 4.79 Å².